The number of nitrogens with zero attached hydrogens (tertiary/aromatic N) is 2. The Kier molecular flexibility index (Phi) is 5.77. The van der Waals surface area contributed by atoms with Crippen LogP contribution >= 0.6 is 0 Å². The molecule has 0 unspecified atom stereocenters. The van der Waals surface area contributed by atoms with Gasteiger partial charge in [0.2, 0.25) is 0 Å². The van der Waals surface area contributed by atoms with Gasteiger partial charge in [-0.05, 0) is 56.5 Å². The first kappa shape index (κ1) is 15.5. The highest BCUT2D eigenvalue weighted by Crippen LogP contribution is 2.16. The Labute approximate surface area is 126 Å². The van der Waals surface area contributed by atoms with Gasteiger partial charge in [-0.1, -0.05) is 13.0 Å². The largest absolute Gasteiger partial charge is 0.338 e. The fourth-order valence-corrected chi connectivity index (χ4v) is 2.83. The van der Waals surface area contributed by atoms with E-state index in [0.29, 0.717) is 17.0 Å². The van der Waals surface area contributed by atoms with Crippen molar-refractivity contribution < 1.29 is 4.79 Å². The molecule has 4 heteroatoms. The molecular weight excluding hydrogens is 262 g/mol. The van der Waals surface area contributed by atoms with E-state index in [0.717, 1.165) is 45.4 Å². The lowest BCUT2D eigenvalue weighted by Crippen LogP contribution is -2.39. The average molecular weight is 285 g/mol. The predicted octanol–water partition coefficient (Wildman–Crippen LogP) is 2.41. The van der Waals surface area contributed by atoms with E-state index in [2.05, 4.69) is 18.3 Å². The molecule has 0 aromatic heterocycles. The number of amides is 1. The van der Waals surface area contributed by atoms with Crippen LogP contribution in [0.2, 0.25) is 0 Å². The maximum absolute atomic E-state index is 12.7. The molecule has 0 radical (unpaired) electrons. The number of carbonyl (C=O) groups is 1. The van der Waals surface area contributed by atoms with Gasteiger partial charge in [0.25, 0.3) is 5.91 Å². The Bertz CT molecular complexity index is 515. The van der Waals surface area contributed by atoms with E-state index in [1.54, 1.807) is 24.3 Å². The Morgan fingerprint density at radius 2 is 2.19 bits per heavy atom. The Morgan fingerprint density at radius 3 is 2.86 bits per heavy atom. The van der Waals surface area contributed by atoms with Gasteiger partial charge in [0.1, 0.15) is 0 Å². The second-order valence-corrected chi connectivity index (χ2v) is 5.64. The van der Waals surface area contributed by atoms with Crippen LogP contribution < -0.4 is 5.32 Å². The summed E-state index contributed by atoms with van der Waals surface area (Å²) in [6.45, 7) is 5.78. The van der Waals surface area contributed by atoms with Gasteiger partial charge in [-0.2, -0.15) is 5.26 Å². The molecule has 0 saturated carbocycles. The van der Waals surface area contributed by atoms with E-state index in [9.17, 15) is 4.79 Å². The van der Waals surface area contributed by atoms with Crippen LogP contribution in [0.5, 0.6) is 0 Å². The number of nitriles is 1. The van der Waals surface area contributed by atoms with Crippen molar-refractivity contribution in [2.45, 2.75) is 26.2 Å². The Hall–Kier alpha value is -1.86. The van der Waals surface area contributed by atoms with Crippen LogP contribution in [-0.2, 0) is 0 Å². The highest BCUT2D eigenvalue weighted by Gasteiger charge is 2.21. The molecule has 0 aliphatic carbocycles. The van der Waals surface area contributed by atoms with Crippen LogP contribution in [0.1, 0.15) is 42.1 Å². The summed E-state index contributed by atoms with van der Waals surface area (Å²) in [5.41, 5.74) is 1.16. The molecule has 21 heavy (non-hydrogen) atoms. The summed E-state index contributed by atoms with van der Waals surface area (Å²) in [5, 5.41) is 12.3. The number of hydrogen-bond acceptors (Lipinski definition) is 3. The third-order valence-corrected chi connectivity index (χ3v) is 3.96. The molecule has 1 saturated heterocycles. The fourth-order valence-electron chi connectivity index (χ4n) is 2.83. The average Bonchev–Trinajstić information content (AvgIpc) is 2.55. The zero-order chi connectivity index (χ0) is 15.1. The van der Waals surface area contributed by atoms with Crippen LogP contribution in [0.25, 0.3) is 0 Å². The van der Waals surface area contributed by atoms with Crippen molar-refractivity contribution in [1.82, 2.24) is 10.2 Å². The highest BCUT2D eigenvalue weighted by molar-refractivity contribution is 5.94. The monoisotopic (exact) mass is 285 g/mol. The van der Waals surface area contributed by atoms with Crippen molar-refractivity contribution in [2.24, 2.45) is 5.92 Å². The molecule has 4 nitrogen and oxygen atoms in total. The first-order chi connectivity index (χ1) is 10.2. The van der Waals surface area contributed by atoms with Gasteiger partial charge in [0.05, 0.1) is 11.6 Å². The molecule has 1 aromatic rings. The lowest BCUT2D eigenvalue weighted by Gasteiger charge is -2.30. The van der Waals surface area contributed by atoms with E-state index in [4.69, 9.17) is 5.26 Å². The Morgan fingerprint density at radius 1 is 1.43 bits per heavy atom. The second-order valence-electron chi connectivity index (χ2n) is 5.64. The predicted molar refractivity (Wildman–Crippen MR) is 82.9 cm³/mol. The molecule has 0 spiro atoms. The number of hydrogen-bond donors (Lipinski definition) is 1. The van der Waals surface area contributed by atoms with Gasteiger partial charge in [0, 0.05) is 18.7 Å². The summed E-state index contributed by atoms with van der Waals surface area (Å²) in [6, 6.07) is 9.09. The number of carbonyl (C=O) groups excluding carboxylic acids is 1. The second kappa shape index (κ2) is 7.80. The summed E-state index contributed by atoms with van der Waals surface area (Å²) in [6.07, 6.45) is 3.21. The van der Waals surface area contributed by atoms with Crippen LogP contribution in [0.3, 0.4) is 0 Å². The summed E-state index contributed by atoms with van der Waals surface area (Å²) in [5.74, 6) is 0.633. The van der Waals surface area contributed by atoms with Crippen molar-refractivity contribution in [3.8, 4) is 6.07 Å². The third kappa shape index (κ3) is 4.30. The fraction of sp³-hybridized carbons (Fsp3) is 0.529. The standard InChI is InChI=1S/C17H23N3O/c1-2-10-20(13-14-6-8-19-9-7-14)17(21)16-5-3-4-15(11-16)12-18/h3-5,11,14,19H,2,6-10,13H2,1H3. The van der Waals surface area contributed by atoms with Crippen molar-refractivity contribution >= 4 is 5.91 Å². The minimum absolute atomic E-state index is 0.0486. The van der Waals surface area contributed by atoms with Crippen molar-refractivity contribution in [2.75, 3.05) is 26.2 Å². The van der Waals surface area contributed by atoms with Crippen LogP contribution in [0.15, 0.2) is 24.3 Å². The summed E-state index contributed by atoms with van der Waals surface area (Å²) in [7, 11) is 0. The van der Waals surface area contributed by atoms with Gasteiger partial charge in [-0.15, -0.1) is 0 Å². The van der Waals surface area contributed by atoms with Gasteiger partial charge < -0.3 is 10.2 Å². The molecule has 2 rings (SSSR count). The molecule has 0 atom stereocenters. The van der Waals surface area contributed by atoms with Gasteiger partial charge in [-0.3, -0.25) is 4.79 Å². The molecule has 1 N–H and O–H groups in total. The maximum Gasteiger partial charge on any atom is 0.253 e. The third-order valence-electron chi connectivity index (χ3n) is 3.96. The Balaban J connectivity index is 2.08. The van der Waals surface area contributed by atoms with E-state index in [-0.39, 0.29) is 5.91 Å². The number of rotatable bonds is 5. The molecule has 1 amide bonds. The van der Waals surface area contributed by atoms with Crippen LogP contribution in [-0.4, -0.2) is 37.0 Å². The van der Waals surface area contributed by atoms with Crippen molar-refractivity contribution in [1.29, 1.82) is 5.26 Å². The molecule has 1 aliphatic rings. The van der Waals surface area contributed by atoms with Gasteiger partial charge in [0.15, 0.2) is 0 Å². The van der Waals surface area contributed by atoms with Crippen molar-refractivity contribution in [3.63, 3.8) is 0 Å². The van der Waals surface area contributed by atoms with E-state index in [1.807, 2.05) is 4.90 Å². The molecule has 1 aliphatic heterocycles. The minimum atomic E-state index is 0.0486. The van der Waals surface area contributed by atoms with E-state index in [1.165, 1.54) is 0 Å². The number of benzene rings is 1. The number of piperidine rings is 1. The maximum atomic E-state index is 12.7. The lowest BCUT2D eigenvalue weighted by atomic mass is 9.97. The molecule has 0 bridgehead atoms. The molecular formula is C17H23N3O. The normalized spacial score (nSPS) is 15.4. The zero-order valence-corrected chi connectivity index (χ0v) is 12.6. The molecule has 1 aromatic carbocycles. The van der Waals surface area contributed by atoms with Crippen LogP contribution in [0.4, 0.5) is 0 Å². The zero-order valence-electron chi connectivity index (χ0n) is 12.6. The van der Waals surface area contributed by atoms with Gasteiger partial charge >= 0.3 is 0 Å². The lowest BCUT2D eigenvalue weighted by molar-refractivity contribution is 0.0716. The quantitative estimate of drug-likeness (QED) is 0.904. The van der Waals surface area contributed by atoms with Crippen LogP contribution in [0, 0.1) is 17.2 Å². The minimum Gasteiger partial charge on any atom is -0.338 e. The summed E-state index contributed by atoms with van der Waals surface area (Å²) < 4.78 is 0. The smallest absolute Gasteiger partial charge is 0.253 e. The first-order valence-corrected chi connectivity index (χ1v) is 7.74. The molecule has 112 valence electrons. The van der Waals surface area contributed by atoms with E-state index >= 15 is 0 Å². The van der Waals surface area contributed by atoms with Crippen molar-refractivity contribution in [3.05, 3.63) is 35.4 Å². The summed E-state index contributed by atoms with van der Waals surface area (Å²) >= 11 is 0. The highest BCUT2D eigenvalue weighted by atomic mass is 16.2. The summed E-state index contributed by atoms with van der Waals surface area (Å²) in [4.78, 5) is 14.6. The molecule has 1 heterocycles. The first-order valence-electron chi connectivity index (χ1n) is 7.74. The molecule has 1 fully saturated rings. The number of nitrogens with one attached hydrogen (secondary N) is 1. The van der Waals surface area contributed by atoms with Gasteiger partial charge in [-0.25, -0.2) is 0 Å². The topological polar surface area (TPSA) is 56.1 Å². The SMILES string of the molecule is CCCN(CC1CCNCC1)C(=O)c1cccc(C#N)c1. The van der Waals surface area contributed by atoms with E-state index < -0.39 is 0 Å².